The fourth-order valence-corrected chi connectivity index (χ4v) is 4.66. The summed E-state index contributed by atoms with van der Waals surface area (Å²) in [5, 5.41) is 16.5. The molecule has 0 bridgehead atoms. The molecule has 196 valence electrons. The SMILES string of the molecule is C[C@H](NC(=O)c1c(N)nn2ncncc12)c1cc2cccc(C#Cc3ccn(C)n3)c2c(=O)n1-c1ccccc1. The van der Waals surface area contributed by atoms with Gasteiger partial charge in [-0.2, -0.15) is 5.10 Å². The Kier molecular flexibility index (Phi) is 6.05. The summed E-state index contributed by atoms with van der Waals surface area (Å²) in [7, 11) is 1.82. The monoisotopic (exact) mass is 529 g/mol. The van der Waals surface area contributed by atoms with Crippen molar-refractivity contribution in [1.29, 1.82) is 0 Å². The van der Waals surface area contributed by atoms with Crippen LogP contribution < -0.4 is 16.6 Å². The summed E-state index contributed by atoms with van der Waals surface area (Å²) in [5.41, 5.74) is 8.75. The molecule has 4 heterocycles. The summed E-state index contributed by atoms with van der Waals surface area (Å²) in [6.07, 6.45) is 4.59. The first-order valence-electron chi connectivity index (χ1n) is 12.4. The van der Waals surface area contributed by atoms with E-state index >= 15 is 0 Å². The molecule has 40 heavy (non-hydrogen) atoms. The van der Waals surface area contributed by atoms with Crippen molar-refractivity contribution >= 4 is 28.0 Å². The summed E-state index contributed by atoms with van der Waals surface area (Å²) in [6, 6.07) is 17.9. The molecule has 6 aromatic rings. The minimum Gasteiger partial charge on any atom is -0.381 e. The molecule has 4 aromatic heterocycles. The number of hydrogen-bond acceptors (Lipinski definition) is 7. The number of amides is 1. The number of nitrogens with two attached hydrogens (primary N) is 1. The average molecular weight is 530 g/mol. The number of benzene rings is 2. The number of aromatic nitrogens is 7. The van der Waals surface area contributed by atoms with Gasteiger partial charge in [-0.05, 0) is 48.6 Å². The third kappa shape index (κ3) is 4.33. The van der Waals surface area contributed by atoms with E-state index < -0.39 is 11.9 Å². The molecule has 1 amide bonds. The van der Waals surface area contributed by atoms with E-state index in [1.165, 1.54) is 17.2 Å². The molecular formula is C29H23N9O2. The Morgan fingerprint density at radius 3 is 2.65 bits per heavy atom. The van der Waals surface area contributed by atoms with Gasteiger partial charge in [0.2, 0.25) is 0 Å². The largest absolute Gasteiger partial charge is 0.381 e. The van der Waals surface area contributed by atoms with Crippen molar-refractivity contribution in [3.05, 3.63) is 112 Å². The number of fused-ring (bicyclic) bond motifs is 2. The smallest absolute Gasteiger partial charge is 0.264 e. The Labute approximate surface area is 227 Å². The van der Waals surface area contributed by atoms with Crippen LogP contribution in [-0.4, -0.2) is 40.1 Å². The van der Waals surface area contributed by atoms with Gasteiger partial charge in [-0.25, -0.2) is 4.98 Å². The number of rotatable bonds is 4. The zero-order chi connectivity index (χ0) is 27.8. The molecule has 0 saturated carbocycles. The summed E-state index contributed by atoms with van der Waals surface area (Å²) < 4.78 is 4.53. The Morgan fingerprint density at radius 1 is 1.05 bits per heavy atom. The van der Waals surface area contributed by atoms with Crippen LogP contribution in [0, 0.1) is 11.8 Å². The minimum atomic E-state index is -0.591. The molecule has 0 unspecified atom stereocenters. The van der Waals surface area contributed by atoms with E-state index in [4.69, 9.17) is 5.73 Å². The number of anilines is 1. The number of hydrogen-bond donors (Lipinski definition) is 2. The van der Waals surface area contributed by atoms with Crippen molar-refractivity contribution in [3.8, 4) is 17.5 Å². The first-order valence-corrected chi connectivity index (χ1v) is 12.4. The number of pyridine rings is 1. The molecule has 1 atom stereocenters. The van der Waals surface area contributed by atoms with E-state index in [1.54, 1.807) is 16.2 Å². The quantitative estimate of drug-likeness (QED) is 0.335. The third-order valence-electron chi connectivity index (χ3n) is 6.50. The second-order valence-electron chi connectivity index (χ2n) is 9.18. The highest BCUT2D eigenvalue weighted by molar-refractivity contribution is 6.05. The zero-order valence-electron chi connectivity index (χ0n) is 21.6. The Morgan fingerprint density at radius 2 is 1.88 bits per heavy atom. The number of para-hydroxylation sites is 1. The lowest BCUT2D eigenvalue weighted by molar-refractivity contribution is 0.0941. The Balaban J connectivity index is 1.48. The van der Waals surface area contributed by atoms with Crippen molar-refractivity contribution in [2.75, 3.05) is 5.73 Å². The normalized spacial score (nSPS) is 11.8. The van der Waals surface area contributed by atoms with Gasteiger partial charge in [-0.3, -0.25) is 18.8 Å². The van der Waals surface area contributed by atoms with Crippen molar-refractivity contribution in [3.63, 3.8) is 0 Å². The van der Waals surface area contributed by atoms with Crippen LogP contribution in [0.25, 0.3) is 22.0 Å². The van der Waals surface area contributed by atoms with Gasteiger partial charge in [-0.15, -0.1) is 14.8 Å². The van der Waals surface area contributed by atoms with Crippen LogP contribution in [0.5, 0.6) is 0 Å². The van der Waals surface area contributed by atoms with Gasteiger partial charge in [-0.1, -0.05) is 36.3 Å². The molecule has 0 aliphatic rings. The van der Waals surface area contributed by atoms with Crippen molar-refractivity contribution in [1.82, 2.24) is 39.5 Å². The minimum absolute atomic E-state index is 0.0280. The predicted octanol–water partition coefficient (Wildman–Crippen LogP) is 2.63. The predicted molar refractivity (Wildman–Crippen MR) is 150 cm³/mol. The lowest BCUT2D eigenvalue weighted by atomic mass is 10.0. The molecule has 3 N–H and O–H groups in total. The van der Waals surface area contributed by atoms with Gasteiger partial charge in [0.05, 0.1) is 17.6 Å². The van der Waals surface area contributed by atoms with Crippen LogP contribution in [-0.2, 0) is 7.05 Å². The highest BCUT2D eigenvalue weighted by Crippen LogP contribution is 2.24. The van der Waals surface area contributed by atoms with Crippen LogP contribution in [0.15, 0.2) is 84.2 Å². The van der Waals surface area contributed by atoms with E-state index in [-0.39, 0.29) is 16.9 Å². The highest BCUT2D eigenvalue weighted by atomic mass is 16.2. The zero-order valence-corrected chi connectivity index (χ0v) is 21.6. The maximum atomic E-state index is 14.1. The highest BCUT2D eigenvalue weighted by Gasteiger charge is 2.23. The lowest BCUT2D eigenvalue weighted by Crippen LogP contribution is -2.32. The topological polar surface area (TPSA) is 138 Å². The molecule has 11 nitrogen and oxygen atoms in total. The summed E-state index contributed by atoms with van der Waals surface area (Å²) in [4.78, 5) is 31.5. The summed E-state index contributed by atoms with van der Waals surface area (Å²) in [5.74, 6) is 5.72. The third-order valence-corrected chi connectivity index (χ3v) is 6.50. The van der Waals surface area contributed by atoms with E-state index in [2.05, 4.69) is 37.4 Å². The number of carbonyl (C=O) groups is 1. The van der Waals surface area contributed by atoms with Crippen LogP contribution in [0.3, 0.4) is 0 Å². The van der Waals surface area contributed by atoms with E-state index in [1.807, 2.05) is 73.9 Å². The van der Waals surface area contributed by atoms with E-state index in [0.717, 1.165) is 0 Å². The molecular weight excluding hydrogens is 506 g/mol. The molecule has 6 rings (SSSR count). The molecule has 0 radical (unpaired) electrons. The molecule has 0 aliphatic heterocycles. The van der Waals surface area contributed by atoms with E-state index in [0.29, 0.717) is 38.9 Å². The molecule has 11 heteroatoms. The maximum absolute atomic E-state index is 14.1. The van der Waals surface area contributed by atoms with Gasteiger partial charge in [0.1, 0.15) is 23.1 Å². The lowest BCUT2D eigenvalue weighted by Gasteiger charge is -2.21. The number of aryl methyl sites for hydroxylation is 1. The fourth-order valence-electron chi connectivity index (χ4n) is 4.66. The molecule has 0 spiro atoms. The van der Waals surface area contributed by atoms with Gasteiger partial charge in [0.15, 0.2) is 5.82 Å². The van der Waals surface area contributed by atoms with Crippen molar-refractivity contribution in [2.45, 2.75) is 13.0 Å². The fraction of sp³-hybridized carbons (Fsp3) is 0.103. The number of nitrogen functional groups attached to an aromatic ring is 1. The number of nitrogens with one attached hydrogen (secondary N) is 1. The molecule has 0 fully saturated rings. The van der Waals surface area contributed by atoms with E-state index in [9.17, 15) is 9.59 Å². The Hall–Kier alpha value is -5.76. The standard InChI is InChI=1S/C29H23N9O2/c1-18(33-28(39)26-24-16-31-17-32-38(24)35-27(26)30)23-15-20-8-6-7-19(11-12-21-13-14-36(2)34-21)25(20)29(40)37(23)22-9-4-3-5-10-22/h3-10,13-18H,1-2H3,(H2,30,35)(H,33,39)/t18-/m0/s1. The molecule has 0 saturated heterocycles. The first kappa shape index (κ1) is 24.6. The molecule has 2 aromatic carbocycles. The number of carbonyl (C=O) groups excluding carboxylic acids is 1. The van der Waals surface area contributed by atoms with Crippen LogP contribution in [0.4, 0.5) is 5.82 Å². The second kappa shape index (κ2) is 9.85. The average Bonchev–Trinajstić information content (AvgIpc) is 3.53. The van der Waals surface area contributed by atoms with Crippen LogP contribution in [0.1, 0.15) is 40.3 Å². The summed E-state index contributed by atoms with van der Waals surface area (Å²) in [6.45, 7) is 1.81. The van der Waals surface area contributed by atoms with Gasteiger partial charge in [0.25, 0.3) is 11.5 Å². The van der Waals surface area contributed by atoms with Crippen molar-refractivity contribution < 1.29 is 4.79 Å². The van der Waals surface area contributed by atoms with Gasteiger partial charge in [0, 0.05) is 30.2 Å². The van der Waals surface area contributed by atoms with Crippen LogP contribution in [0.2, 0.25) is 0 Å². The first-order chi connectivity index (χ1) is 19.4. The number of nitrogens with zero attached hydrogens (tertiary/aromatic N) is 7. The van der Waals surface area contributed by atoms with Gasteiger partial charge < -0.3 is 11.1 Å². The second-order valence-corrected chi connectivity index (χ2v) is 9.18. The summed E-state index contributed by atoms with van der Waals surface area (Å²) >= 11 is 0. The van der Waals surface area contributed by atoms with Crippen LogP contribution >= 0.6 is 0 Å². The molecule has 0 aliphatic carbocycles. The van der Waals surface area contributed by atoms with Crippen molar-refractivity contribution in [2.24, 2.45) is 7.05 Å². The van der Waals surface area contributed by atoms with Gasteiger partial charge >= 0.3 is 0 Å². The Bertz CT molecular complexity index is 2030. The maximum Gasteiger partial charge on any atom is 0.264 e.